The maximum Gasteiger partial charge on any atom is 0.191 e. The smallest absolute Gasteiger partial charge is 0.191 e. The minimum Gasteiger partial charge on any atom is -0.496 e. The van der Waals surface area contributed by atoms with Crippen molar-refractivity contribution < 1.29 is 4.74 Å². The molecule has 2 rings (SSSR count). The number of nitrogens with one attached hydrogen (secondary N) is 2. The molecule has 1 fully saturated rings. The number of ether oxygens (including phenoxy) is 1. The maximum absolute atomic E-state index is 5.41. The molecule has 6 heteroatoms. The van der Waals surface area contributed by atoms with Gasteiger partial charge < -0.3 is 15.4 Å². The van der Waals surface area contributed by atoms with Gasteiger partial charge in [0.15, 0.2) is 5.96 Å². The highest BCUT2D eigenvalue weighted by Gasteiger charge is 2.24. The zero-order chi connectivity index (χ0) is 18.1. The minimum atomic E-state index is 0. The van der Waals surface area contributed by atoms with Crippen molar-refractivity contribution in [1.29, 1.82) is 0 Å². The molecule has 1 aromatic carbocycles. The zero-order valence-electron chi connectivity index (χ0n) is 16.6. The van der Waals surface area contributed by atoms with E-state index in [0.717, 1.165) is 37.1 Å². The maximum atomic E-state index is 5.41. The number of rotatable bonds is 8. The van der Waals surface area contributed by atoms with Gasteiger partial charge >= 0.3 is 0 Å². The van der Waals surface area contributed by atoms with Crippen LogP contribution in [0.15, 0.2) is 29.3 Å². The summed E-state index contributed by atoms with van der Waals surface area (Å²) < 4.78 is 5.41. The van der Waals surface area contributed by atoms with Gasteiger partial charge in [0.25, 0.3) is 0 Å². The van der Waals surface area contributed by atoms with Crippen molar-refractivity contribution in [1.82, 2.24) is 15.5 Å². The number of aliphatic imine (C=N–C) groups is 1. The molecule has 1 atom stereocenters. The normalized spacial score (nSPS) is 17.9. The van der Waals surface area contributed by atoms with Crippen LogP contribution in [0.4, 0.5) is 0 Å². The summed E-state index contributed by atoms with van der Waals surface area (Å²) in [5.41, 5.74) is 1.21. The lowest BCUT2D eigenvalue weighted by molar-refractivity contribution is 0.226. The fourth-order valence-corrected chi connectivity index (χ4v) is 3.50. The average Bonchev–Trinajstić information content (AvgIpc) is 3.04. The number of hydrogen-bond donors (Lipinski definition) is 2. The summed E-state index contributed by atoms with van der Waals surface area (Å²) in [6.07, 6.45) is 3.49. The number of guanidine groups is 1. The van der Waals surface area contributed by atoms with Crippen LogP contribution in [0.3, 0.4) is 0 Å². The van der Waals surface area contributed by atoms with Crippen molar-refractivity contribution in [3.05, 3.63) is 29.8 Å². The Bertz CT molecular complexity index is 550. The van der Waals surface area contributed by atoms with Crippen molar-refractivity contribution in [2.75, 3.05) is 40.3 Å². The molecule has 1 heterocycles. The quantitative estimate of drug-likeness (QED) is 0.346. The van der Waals surface area contributed by atoms with E-state index >= 15 is 0 Å². The van der Waals surface area contributed by atoms with E-state index in [1.54, 1.807) is 7.11 Å². The molecule has 1 aromatic rings. The molecule has 1 aliphatic heterocycles. The highest BCUT2D eigenvalue weighted by Crippen LogP contribution is 2.18. The lowest BCUT2D eigenvalue weighted by atomic mass is 10.1. The van der Waals surface area contributed by atoms with Gasteiger partial charge in [-0.1, -0.05) is 32.0 Å². The van der Waals surface area contributed by atoms with Gasteiger partial charge in [-0.05, 0) is 43.4 Å². The summed E-state index contributed by atoms with van der Waals surface area (Å²) in [4.78, 5) is 6.96. The Morgan fingerprint density at radius 3 is 2.77 bits per heavy atom. The Hall–Kier alpha value is -1.02. The van der Waals surface area contributed by atoms with E-state index in [1.807, 2.05) is 25.2 Å². The van der Waals surface area contributed by atoms with Gasteiger partial charge in [-0.2, -0.15) is 0 Å². The van der Waals surface area contributed by atoms with Crippen molar-refractivity contribution in [3.63, 3.8) is 0 Å². The summed E-state index contributed by atoms with van der Waals surface area (Å²) >= 11 is 0. The number of hydrogen-bond acceptors (Lipinski definition) is 3. The molecular formula is C20H35IN4O. The lowest BCUT2D eigenvalue weighted by Crippen LogP contribution is -2.46. The van der Waals surface area contributed by atoms with Gasteiger partial charge in [-0.15, -0.1) is 24.0 Å². The molecule has 0 spiro atoms. The third kappa shape index (κ3) is 7.31. The molecule has 26 heavy (non-hydrogen) atoms. The molecule has 0 unspecified atom stereocenters. The number of likely N-dealkylation sites (tertiary alicyclic amines) is 1. The Kier molecular flexibility index (Phi) is 11.0. The Morgan fingerprint density at radius 2 is 2.08 bits per heavy atom. The molecule has 0 amide bonds. The molecule has 1 aliphatic rings. The van der Waals surface area contributed by atoms with E-state index in [0.29, 0.717) is 6.04 Å². The van der Waals surface area contributed by atoms with Crippen molar-refractivity contribution in [2.45, 2.75) is 39.2 Å². The van der Waals surface area contributed by atoms with Crippen LogP contribution < -0.4 is 15.4 Å². The fourth-order valence-electron chi connectivity index (χ4n) is 3.50. The molecule has 0 bridgehead atoms. The van der Waals surface area contributed by atoms with Crippen molar-refractivity contribution in [3.8, 4) is 5.75 Å². The first-order chi connectivity index (χ1) is 12.1. The number of benzene rings is 1. The largest absolute Gasteiger partial charge is 0.496 e. The topological polar surface area (TPSA) is 48.9 Å². The molecule has 0 saturated carbocycles. The molecule has 0 radical (unpaired) electrons. The van der Waals surface area contributed by atoms with Gasteiger partial charge in [-0.25, -0.2) is 0 Å². The van der Waals surface area contributed by atoms with E-state index in [2.05, 4.69) is 40.4 Å². The van der Waals surface area contributed by atoms with Crippen molar-refractivity contribution >= 4 is 29.9 Å². The van der Waals surface area contributed by atoms with Gasteiger partial charge in [0.1, 0.15) is 5.75 Å². The molecule has 5 nitrogen and oxygen atoms in total. The highest BCUT2D eigenvalue weighted by molar-refractivity contribution is 14.0. The van der Waals surface area contributed by atoms with Crippen LogP contribution in [-0.4, -0.2) is 57.2 Å². The molecular weight excluding hydrogens is 439 g/mol. The summed E-state index contributed by atoms with van der Waals surface area (Å²) in [6, 6.07) is 8.79. The van der Waals surface area contributed by atoms with Crippen LogP contribution >= 0.6 is 24.0 Å². The van der Waals surface area contributed by atoms with Crippen LogP contribution in [-0.2, 0) is 6.42 Å². The fraction of sp³-hybridized carbons (Fsp3) is 0.650. The van der Waals surface area contributed by atoms with Gasteiger partial charge in [-0.3, -0.25) is 9.89 Å². The van der Waals surface area contributed by atoms with E-state index < -0.39 is 0 Å². The number of halogens is 1. The highest BCUT2D eigenvalue weighted by atomic mass is 127. The van der Waals surface area contributed by atoms with Crippen LogP contribution in [0, 0.1) is 5.92 Å². The Labute approximate surface area is 176 Å². The standard InChI is InChI=1S/C20H34N4O.HI/c1-16(2)15-24-13-7-9-18(24)14-23-20(21-3)22-12-11-17-8-5-6-10-19(17)25-4;/h5-6,8,10,16,18H,7,9,11-15H2,1-4H3,(H2,21,22,23);1H/t18-;/m1./s1. The van der Waals surface area contributed by atoms with Gasteiger partial charge in [0.05, 0.1) is 7.11 Å². The van der Waals surface area contributed by atoms with Crippen molar-refractivity contribution in [2.24, 2.45) is 10.9 Å². The summed E-state index contributed by atoms with van der Waals surface area (Å²) in [7, 11) is 3.55. The summed E-state index contributed by atoms with van der Waals surface area (Å²) in [6.45, 7) is 8.79. The van der Waals surface area contributed by atoms with Crippen LogP contribution in [0.25, 0.3) is 0 Å². The predicted octanol–water partition coefficient (Wildman–Crippen LogP) is 3.14. The Balaban J connectivity index is 0.00000338. The number of nitrogens with zero attached hydrogens (tertiary/aromatic N) is 2. The third-order valence-corrected chi connectivity index (χ3v) is 4.71. The third-order valence-electron chi connectivity index (χ3n) is 4.71. The lowest BCUT2D eigenvalue weighted by Gasteiger charge is -2.27. The minimum absolute atomic E-state index is 0. The second kappa shape index (κ2) is 12.4. The first kappa shape index (κ1) is 23.0. The van der Waals surface area contributed by atoms with E-state index in [-0.39, 0.29) is 24.0 Å². The second-order valence-electron chi connectivity index (χ2n) is 7.13. The Morgan fingerprint density at radius 1 is 1.31 bits per heavy atom. The molecule has 2 N–H and O–H groups in total. The number of para-hydroxylation sites is 1. The predicted molar refractivity (Wildman–Crippen MR) is 121 cm³/mol. The summed E-state index contributed by atoms with van der Waals surface area (Å²) in [5, 5.41) is 6.91. The second-order valence-corrected chi connectivity index (χ2v) is 7.13. The SMILES string of the molecule is CN=C(NCCc1ccccc1OC)NC[C@H]1CCCN1CC(C)C.I. The average molecular weight is 474 g/mol. The van der Waals surface area contributed by atoms with Crippen LogP contribution in [0.2, 0.25) is 0 Å². The molecule has 0 aliphatic carbocycles. The van der Waals surface area contributed by atoms with Gasteiger partial charge in [0.2, 0.25) is 0 Å². The molecule has 1 saturated heterocycles. The van der Waals surface area contributed by atoms with E-state index in [9.17, 15) is 0 Å². The summed E-state index contributed by atoms with van der Waals surface area (Å²) in [5.74, 6) is 2.55. The number of methoxy groups -OCH3 is 1. The first-order valence-electron chi connectivity index (χ1n) is 9.44. The van der Waals surface area contributed by atoms with Gasteiger partial charge in [0, 0.05) is 32.7 Å². The zero-order valence-corrected chi connectivity index (χ0v) is 19.0. The van der Waals surface area contributed by atoms with E-state index in [4.69, 9.17) is 4.74 Å². The molecule has 0 aromatic heterocycles. The molecule has 148 valence electrons. The van der Waals surface area contributed by atoms with Crippen LogP contribution in [0.1, 0.15) is 32.3 Å². The first-order valence-corrected chi connectivity index (χ1v) is 9.44. The van der Waals surface area contributed by atoms with Crippen LogP contribution in [0.5, 0.6) is 5.75 Å². The van der Waals surface area contributed by atoms with E-state index in [1.165, 1.54) is 31.5 Å². The monoisotopic (exact) mass is 474 g/mol.